The van der Waals surface area contributed by atoms with Crippen molar-refractivity contribution in [3.8, 4) is 17.5 Å². The topological polar surface area (TPSA) is 116 Å². The van der Waals surface area contributed by atoms with E-state index in [2.05, 4.69) is 25.6 Å². The number of imidazole rings is 1. The molecule has 0 aliphatic carbocycles. The molecule has 172 valence electrons. The molecule has 0 saturated heterocycles. The molecule has 0 bridgehead atoms. The third-order valence-corrected chi connectivity index (χ3v) is 5.48. The molecule has 1 aromatic carbocycles. The molecule has 1 unspecified atom stereocenters. The summed E-state index contributed by atoms with van der Waals surface area (Å²) >= 11 is 0. The van der Waals surface area contributed by atoms with Crippen LogP contribution in [0.5, 0.6) is 5.88 Å². The Balaban J connectivity index is 1.54. The van der Waals surface area contributed by atoms with Crippen molar-refractivity contribution in [2.45, 2.75) is 26.9 Å². The van der Waals surface area contributed by atoms with Gasteiger partial charge in [-0.3, -0.25) is 4.57 Å². The molecule has 0 saturated carbocycles. The summed E-state index contributed by atoms with van der Waals surface area (Å²) in [6.07, 6.45) is 1.01. The Morgan fingerprint density at radius 3 is 2.59 bits per heavy atom. The lowest BCUT2D eigenvalue weighted by molar-refractivity contribution is 0.198. The molecule has 0 amide bonds. The fourth-order valence-electron chi connectivity index (χ4n) is 3.73. The maximum Gasteiger partial charge on any atom is 0.233 e. The van der Waals surface area contributed by atoms with Crippen LogP contribution in [0.4, 0.5) is 11.5 Å². The maximum absolute atomic E-state index is 10.3. The molecule has 0 aliphatic rings. The number of methoxy groups -OCH3 is 1. The average Bonchev–Trinajstić information content (AvgIpc) is 3.43. The molecular formula is C24H24N8O2. The van der Waals surface area contributed by atoms with Crippen molar-refractivity contribution >= 4 is 22.5 Å². The largest absolute Gasteiger partial charge is 0.480 e. The Bertz CT molecular complexity index is 1470. The van der Waals surface area contributed by atoms with Gasteiger partial charge in [-0.15, -0.1) is 10.2 Å². The van der Waals surface area contributed by atoms with Crippen molar-refractivity contribution in [2.24, 2.45) is 0 Å². The van der Waals surface area contributed by atoms with Crippen molar-refractivity contribution in [1.29, 1.82) is 0 Å². The van der Waals surface area contributed by atoms with Crippen LogP contribution in [0.15, 0.2) is 54.9 Å². The van der Waals surface area contributed by atoms with E-state index in [0.717, 1.165) is 28.1 Å². The summed E-state index contributed by atoms with van der Waals surface area (Å²) in [5.41, 5.74) is 4.90. The standard InChI is InChI=1S/C24H24N8O2/c1-14-5-9-21(29-28-14)26-17-6-8-20-19(12-17)25-13-31(20)22-10-7-18(16(3)33)24(27-22)32-15(2)11-23(30-32)34-4/h5-13,16,33H,1-4H3,(H,26,29). The van der Waals surface area contributed by atoms with E-state index in [1.807, 2.05) is 66.9 Å². The number of ether oxygens (including phenoxy) is 1. The van der Waals surface area contributed by atoms with Crippen LogP contribution in [0.3, 0.4) is 0 Å². The van der Waals surface area contributed by atoms with Crippen LogP contribution in [0.1, 0.15) is 30.0 Å². The van der Waals surface area contributed by atoms with E-state index in [1.165, 1.54) is 0 Å². The zero-order chi connectivity index (χ0) is 23.8. The minimum Gasteiger partial charge on any atom is -0.480 e. The van der Waals surface area contributed by atoms with Crippen molar-refractivity contribution in [1.82, 2.24) is 34.5 Å². The second-order valence-electron chi connectivity index (χ2n) is 8.00. The highest BCUT2D eigenvalue weighted by molar-refractivity contribution is 5.82. The first kappa shape index (κ1) is 21.5. The highest BCUT2D eigenvalue weighted by Crippen LogP contribution is 2.27. The number of pyridine rings is 1. The van der Waals surface area contributed by atoms with Gasteiger partial charge in [0.25, 0.3) is 0 Å². The van der Waals surface area contributed by atoms with Crippen LogP contribution in [0.2, 0.25) is 0 Å². The van der Waals surface area contributed by atoms with Crippen molar-refractivity contribution in [3.63, 3.8) is 0 Å². The monoisotopic (exact) mass is 456 g/mol. The maximum atomic E-state index is 10.3. The van der Waals surface area contributed by atoms with E-state index in [9.17, 15) is 5.11 Å². The van der Waals surface area contributed by atoms with Gasteiger partial charge in [0.15, 0.2) is 11.6 Å². The molecule has 34 heavy (non-hydrogen) atoms. The van der Waals surface area contributed by atoms with E-state index in [4.69, 9.17) is 9.72 Å². The fourth-order valence-corrected chi connectivity index (χ4v) is 3.73. The normalized spacial score (nSPS) is 12.1. The Morgan fingerprint density at radius 1 is 1.03 bits per heavy atom. The van der Waals surface area contributed by atoms with Gasteiger partial charge < -0.3 is 15.2 Å². The summed E-state index contributed by atoms with van der Waals surface area (Å²) in [6, 6.07) is 15.2. The number of rotatable bonds is 6. The number of aliphatic hydroxyl groups is 1. The van der Waals surface area contributed by atoms with Crippen molar-refractivity contribution in [2.75, 3.05) is 12.4 Å². The summed E-state index contributed by atoms with van der Waals surface area (Å²) < 4.78 is 8.84. The van der Waals surface area contributed by atoms with Gasteiger partial charge >= 0.3 is 0 Å². The van der Waals surface area contributed by atoms with Crippen molar-refractivity contribution < 1.29 is 9.84 Å². The minimum atomic E-state index is -0.718. The SMILES string of the molecule is COc1cc(C)n(-c2nc(-n3cnc4cc(Nc5ccc(C)nn5)ccc43)ccc2C(C)O)n1. The molecule has 5 rings (SSSR count). The number of nitrogens with one attached hydrogen (secondary N) is 1. The summed E-state index contributed by atoms with van der Waals surface area (Å²) in [4.78, 5) is 9.40. The van der Waals surface area contributed by atoms with E-state index in [-0.39, 0.29) is 0 Å². The third kappa shape index (κ3) is 3.95. The Kier molecular flexibility index (Phi) is 5.42. The van der Waals surface area contributed by atoms with Gasteiger partial charge in [-0.1, -0.05) is 0 Å². The summed E-state index contributed by atoms with van der Waals surface area (Å²) in [6.45, 7) is 5.51. The van der Waals surface area contributed by atoms with Crippen molar-refractivity contribution in [3.05, 3.63) is 71.8 Å². The molecule has 10 nitrogen and oxygen atoms in total. The highest BCUT2D eigenvalue weighted by Gasteiger charge is 2.18. The van der Waals surface area contributed by atoms with Gasteiger partial charge in [-0.05, 0) is 63.2 Å². The van der Waals surface area contributed by atoms with Gasteiger partial charge in [-0.2, -0.15) is 5.10 Å². The van der Waals surface area contributed by atoms with Crippen LogP contribution in [0.25, 0.3) is 22.7 Å². The van der Waals surface area contributed by atoms with Gasteiger partial charge in [0.1, 0.15) is 12.1 Å². The quantitative estimate of drug-likeness (QED) is 0.396. The lowest BCUT2D eigenvalue weighted by Crippen LogP contribution is -2.10. The van der Waals surface area contributed by atoms with Crippen LogP contribution in [-0.4, -0.2) is 46.7 Å². The number of aliphatic hydroxyl groups excluding tert-OH is 1. The number of hydrogen-bond acceptors (Lipinski definition) is 8. The molecule has 0 radical (unpaired) electrons. The number of aromatic nitrogens is 7. The lowest BCUT2D eigenvalue weighted by Gasteiger charge is -2.14. The smallest absolute Gasteiger partial charge is 0.233 e. The summed E-state index contributed by atoms with van der Waals surface area (Å²) in [5.74, 6) is 2.33. The summed E-state index contributed by atoms with van der Waals surface area (Å²) in [7, 11) is 1.57. The predicted molar refractivity (Wildman–Crippen MR) is 128 cm³/mol. The van der Waals surface area contributed by atoms with Gasteiger partial charge in [0, 0.05) is 23.0 Å². The van der Waals surface area contributed by atoms with Crippen LogP contribution in [-0.2, 0) is 0 Å². The minimum absolute atomic E-state index is 0.479. The van der Waals surface area contributed by atoms with E-state index < -0.39 is 6.10 Å². The predicted octanol–water partition coefficient (Wildman–Crippen LogP) is 3.82. The Labute approximate surface area is 195 Å². The number of benzene rings is 1. The van der Waals surface area contributed by atoms with Gasteiger partial charge in [0.2, 0.25) is 5.88 Å². The van der Waals surface area contributed by atoms with Gasteiger partial charge in [0.05, 0.1) is 29.9 Å². The third-order valence-electron chi connectivity index (χ3n) is 5.48. The zero-order valence-electron chi connectivity index (χ0n) is 19.3. The second kappa shape index (κ2) is 8.56. The molecular weight excluding hydrogens is 432 g/mol. The first-order chi connectivity index (χ1) is 16.4. The number of nitrogens with zero attached hydrogens (tertiary/aromatic N) is 7. The lowest BCUT2D eigenvalue weighted by atomic mass is 10.1. The van der Waals surface area contributed by atoms with E-state index in [1.54, 1.807) is 25.0 Å². The number of aryl methyl sites for hydroxylation is 2. The zero-order valence-corrected chi connectivity index (χ0v) is 19.3. The Morgan fingerprint density at radius 2 is 1.88 bits per heavy atom. The molecule has 2 N–H and O–H groups in total. The number of anilines is 2. The molecule has 0 aliphatic heterocycles. The Hall–Kier alpha value is -4.31. The first-order valence-corrected chi connectivity index (χ1v) is 10.8. The molecule has 1 atom stereocenters. The number of fused-ring (bicyclic) bond motifs is 1. The fraction of sp³-hybridized carbons (Fsp3) is 0.208. The second-order valence-corrected chi connectivity index (χ2v) is 8.00. The molecule has 10 heteroatoms. The molecule has 0 spiro atoms. The molecule has 4 heterocycles. The van der Waals surface area contributed by atoms with Gasteiger partial charge in [-0.25, -0.2) is 14.6 Å². The highest BCUT2D eigenvalue weighted by atomic mass is 16.5. The first-order valence-electron chi connectivity index (χ1n) is 10.8. The van der Waals surface area contributed by atoms with Crippen LogP contribution < -0.4 is 10.1 Å². The van der Waals surface area contributed by atoms with Crippen LogP contribution in [0, 0.1) is 13.8 Å². The van der Waals surface area contributed by atoms with E-state index in [0.29, 0.717) is 28.9 Å². The molecule has 0 fully saturated rings. The molecule has 5 aromatic rings. The average molecular weight is 457 g/mol. The number of hydrogen-bond donors (Lipinski definition) is 2. The van der Waals surface area contributed by atoms with Crippen LogP contribution >= 0.6 is 0 Å². The molecule has 4 aromatic heterocycles. The van der Waals surface area contributed by atoms with E-state index >= 15 is 0 Å². The summed E-state index contributed by atoms with van der Waals surface area (Å²) in [5, 5.41) is 26.3.